The Hall–Kier alpha value is -3.81. The highest BCUT2D eigenvalue weighted by Gasteiger charge is 2.29. The van der Waals surface area contributed by atoms with Crippen molar-refractivity contribution in [2.45, 2.75) is 20.0 Å². The lowest BCUT2D eigenvalue weighted by molar-refractivity contribution is -0.130. The van der Waals surface area contributed by atoms with E-state index in [2.05, 4.69) is 4.98 Å². The van der Waals surface area contributed by atoms with Gasteiger partial charge in [-0.1, -0.05) is 32.0 Å². The Labute approximate surface area is 172 Å². The maximum absolute atomic E-state index is 13.3. The van der Waals surface area contributed by atoms with Crippen LogP contribution in [0.15, 0.2) is 54.6 Å². The minimum atomic E-state index is -1.22. The molecule has 154 valence electrons. The summed E-state index contributed by atoms with van der Waals surface area (Å²) in [4.78, 5) is 40.7. The number of ether oxygens (including phenoxy) is 1. The van der Waals surface area contributed by atoms with Crippen molar-refractivity contribution in [1.82, 2.24) is 10.3 Å². The third-order valence-electron chi connectivity index (χ3n) is 4.42. The third-order valence-corrected chi connectivity index (χ3v) is 4.42. The molecule has 7 nitrogen and oxygen atoms in total. The normalized spacial score (nSPS) is 11.9. The van der Waals surface area contributed by atoms with Crippen molar-refractivity contribution in [2.24, 2.45) is 11.7 Å². The predicted octanol–water partition coefficient (Wildman–Crippen LogP) is 3.42. The molecule has 3 rings (SSSR count). The molecule has 30 heavy (non-hydrogen) atoms. The van der Waals surface area contributed by atoms with Crippen LogP contribution in [0.5, 0.6) is 0 Å². The first-order chi connectivity index (χ1) is 14.3. The van der Waals surface area contributed by atoms with Crippen molar-refractivity contribution in [2.75, 3.05) is 0 Å². The zero-order chi connectivity index (χ0) is 21.8. The molecule has 8 heteroatoms. The second-order valence-corrected chi connectivity index (χ2v) is 7.00. The molecule has 1 aromatic heterocycles. The fraction of sp³-hybridized carbons (Fsp3) is 0.182. The maximum atomic E-state index is 13.3. The Morgan fingerprint density at radius 3 is 2.37 bits per heavy atom. The molecule has 0 bridgehead atoms. The van der Waals surface area contributed by atoms with Crippen LogP contribution in [0.25, 0.3) is 22.2 Å². The first-order valence-electron chi connectivity index (χ1n) is 9.23. The number of carbonyl (C=O) groups is 3. The second kappa shape index (κ2) is 8.69. The highest BCUT2D eigenvalue weighted by molar-refractivity contribution is 6.06. The largest absolute Gasteiger partial charge is 0.448 e. The number of esters is 1. The van der Waals surface area contributed by atoms with Crippen LogP contribution in [0.3, 0.4) is 0 Å². The molecule has 0 saturated heterocycles. The average Bonchev–Trinajstić information content (AvgIpc) is 2.70. The SMILES string of the molecule is CC(C)[C@@H](OC(=O)c1cc(-c2ccc(F)cc2)nc2ccccc12)C(=O)NC(N)=O. The summed E-state index contributed by atoms with van der Waals surface area (Å²) >= 11 is 0. The highest BCUT2D eigenvalue weighted by Crippen LogP contribution is 2.26. The topological polar surface area (TPSA) is 111 Å². The van der Waals surface area contributed by atoms with Crippen LogP contribution in [0.4, 0.5) is 9.18 Å². The van der Waals surface area contributed by atoms with Crippen LogP contribution in [0, 0.1) is 11.7 Å². The van der Waals surface area contributed by atoms with Crippen LogP contribution in [-0.2, 0) is 9.53 Å². The molecule has 0 radical (unpaired) electrons. The molecule has 1 atom stereocenters. The van der Waals surface area contributed by atoms with Crippen molar-refractivity contribution in [3.63, 3.8) is 0 Å². The summed E-state index contributed by atoms with van der Waals surface area (Å²) in [5.74, 6) is -2.35. The number of aromatic nitrogens is 1. The van der Waals surface area contributed by atoms with Gasteiger partial charge < -0.3 is 10.5 Å². The zero-order valence-corrected chi connectivity index (χ0v) is 16.4. The highest BCUT2D eigenvalue weighted by atomic mass is 19.1. The van der Waals surface area contributed by atoms with Gasteiger partial charge in [-0.25, -0.2) is 19.0 Å². The van der Waals surface area contributed by atoms with Gasteiger partial charge in [-0.15, -0.1) is 0 Å². The number of carbonyl (C=O) groups excluding carboxylic acids is 3. The van der Waals surface area contributed by atoms with Gasteiger partial charge in [0.1, 0.15) is 5.82 Å². The number of primary amides is 1. The molecule has 3 N–H and O–H groups in total. The Kier molecular flexibility index (Phi) is 6.06. The Morgan fingerprint density at radius 2 is 1.73 bits per heavy atom. The van der Waals surface area contributed by atoms with E-state index < -0.39 is 29.9 Å². The van der Waals surface area contributed by atoms with E-state index in [0.29, 0.717) is 22.2 Å². The van der Waals surface area contributed by atoms with Gasteiger partial charge in [0, 0.05) is 10.9 Å². The van der Waals surface area contributed by atoms with E-state index >= 15 is 0 Å². The van der Waals surface area contributed by atoms with Crippen molar-refractivity contribution in [3.05, 3.63) is 66.0 Å². The Morgan fingerprint density at radius 1 is 1.07 bits per heavy atom. The van der Waals surface area contributed by atoms with E-state index in [0.717, 1.165) is 0 Å². The zero-order valence-electron chi connectivity index (χ0n) is 16.4. The van der Waals surface area contributed by atoms with E-state index in [1.54, 1.807) is 50.2 Å². The van der Waals surface area contributed by atoms with Crippen molar-refractivity contribution in [1.29, 1.82) is 0 Å². The number of benzene rings is 2. The summed E-state index contributed by atoms with van der Waals surface area (Å²) in [6.45, 7) is 3.35. The van der Waals surface area contributed by atoms with Crippen LogP contribution >= 0.6 is 0 Å². The molecule has 1 heterocycles. The lowest BCUT2D eigenvalue weighted by atomic mass is 10.0. The number of imide groups is 1. The molecule has 3 amide bonds. The quantitative estimate of drug-likeness (QED) is 0.627. The molecule has 0 aliphatic rings. The van der Waals surface area contributed by atoms with Crippen LogP contribution in [0.1, 0.15) is 24.2 Å². The van der Waals surface area contributed by atoms with Crippen LogP contribution < -0.4 is 11.1 Å². The van der Waals surface area contributed by atoms with Gasteiger partial charge >= 0.3 is 12.0 Å². The van der Waals surface area contributed by atoms with Gasteiger partial charge in [-0.05, 0) is 42.3 Å². The van der Waals surface area contributed by atoms with Gasteiger partial charge in [0.05, 0.1) is 16.8 Å². The molecule has 2 aromatic carbocycles. The van der Waals surface area contributed by atoms with E-state index in [1.165, 1.54) is 18.2 Å². The molecule has 0 spiro atoms. The third kappa shape index (κ3) is 4.60. The Balaban J connectivity index is 2.02. The van der Waals surface area contributed by atoms with E-state index in [4.69, 9.17) is 10.5 Å². The molecule has 0 aliphatic heterocycles. The van der Waals surface area contributed by atoms with E-state index in [1.807, 2.05) is 5.32 Å². The van der Waals surface area contributed by atoms with Gasteiger partial charge in [-0.3, -0.25) is 10.1 Å². The number of nitrogens with two attached hydrogens (primary N) is 1. The smallest absolute Gasteiger partial charge is 0.339 e. The number of nitrogens with one attached hydrogen (secondary N) is 1. The second-order valence-electron chi connectivity index (χ2n) is 7.00. The molecule has 0 aliphatic carbocycles. The van der Waals surface area contributed by atoms with Crippen molar-refractivity contribution in [3.8, 4) is 11.3 Å². The molecular formula is C22H20FN3O4. The van der Waals surface area contributed by atoms with Gasteiger partial charge in [-0.2, -0.15) is 0 Å². The van der Waals surface area contributed by atoms with Gasteiger partial charge in [0.15, 0.2) is 6.10 Å². The summed E-state index contributed by atoms with van der Waals surface area (Å²) in [7, 11) is 0. The van der Waals surface area contributed by atoms with Crippen molar-refractivity contribution < 1.29 is 23.5 Å². The molecule has 0 fully saturated rings. The summed E-state index contributed by atoms with van der Waals surface area (Å²) in [6.07, 6.45) is -1.22. The molecule has 3 aromatic rings. The fourth-order valence-electron chi connectivity index (χ4n) is 2.98. The predicted molar refractivity (Wildman–Crippen MR) is 109 cm³/mol. The summed E-state index contributed by atoms with van der Waals surface area (Å²) in [5, 5.41) is 2.47. The number of hydrogen-bond acceptors (Lipinski definition) is 5. The average molecular weight is 409 g/mol. The van der Waals surface area contributed by atoms with Gasteiger partial charge in [0.25, 0.3) is 5.91 Å². The number of urea groups is 1. The Bertz CT molecular complexity index is 1110. The lowest BCUT2D eigenvalue weighted by Crippen LogP contribution is -2.45. The number of para-hydroxylation sites is 1. The number of rotatable bonds is 5. The van der Waals surface area contributed by atoms with Gasteiger partial charge in [0.2, 0.25) is 0 Å². The minimum Gasteiger partial charge on any atom is -0.448 e. The minimum absolute atomic E-state index is 0.192. The first kappa shape index (κ1) is 20.9. The first-order valence-corrected chi connectivity index (χ1v) is 9.23. The summed E-state index contributed by atoms with van der Waals surface area (Å²) in [6, 6.07) is 13.2. The van der Waals surface area contributed by atoms with Crippen LogP contribution in [0.2, 0.25) is 0 Å². The summed E-state index contributed by atoms with van der Waals surface area (Å²) < 4.78 is 18.7. The number of fused-ring (bicyclic) bond motifs is 1. The standard InChI is InChI=1S/C22H20FN3O4/c1-12(2)19(20(27)26-22(24)29)30-21(28)16-11-18(13-7-9-14(23)10-8-13)25-17-6-4-3-5-15(16)17/h3-12,19H,1-2H3,(H3,24,26,27,29)/t19-/m1/s1. The molecule has 0 saturated carbocycles. The number of nitrogens with zero attached hydrogens (tertiary/aromatic N) is 1. The van der Waals surface area contributed by atoms with Crippen molar-refractivity contribution >= 4 is 28.8 Å². The maximum Gasteiger partial charge on any atom is 0.339 e. The van der Waals surface area contributed by atoms with E-state index in [-0.39, 0.29) is 11.4 Å². The molecule has 0 unspecified atom stereocenters. The fourth-order valence-corrected chi connectivity index (χ4v) is 2.98. The monoisotopic (exact) mass is 409 g/mol. The van der Waals surface area contributed by atoms with E-state index in [9.17, 15) is 18.8 Å². The summed E-state index contributed by atoms with van der Waals surface area (Å²) in [5.41, 5.74) is 6.79. The number of hydrogen-bond donors (Lipinski definition) is 2. The molecular weight excluding hydrogens is 389 g/mol. The number of amides is 3. The lowest BCUT2D eigenvalue weighted by Gasteiger charge is -2.20. The van der Waals surface area contributed by atoms with Crippen LogP contribution in [-0.4, -0.2) is 29.0 Å². The number of halogens is 1. The number of pyridine rings is 1.